The first-order valence-corrected chi connectivity index (χ1v) is 12.3. The molecule has 0 aliphatic carbocycles. The SMILES string of the molecule is C[N+]1(CCCC(=O)c2ccc(Cl)cc2)CCC(C(C(N)=O)(c2ccccc2)c2ccccc2)C1. The van der Waals surface area contributed by atoms with E-state index in [-0.39, 0.29) is 17.6 Å². The van der Waals surface area contributed by atoms with Gasteiger partial charge in [-0.1, -0.05) is 72.3 Å². The Morgan fingerprint density at radius 2 is 1.50 bits per heavy atom. The molecule has 0 radical (unpaired) electrons. The maximum Gasteiger partial charge on any atom is 0.233 e. The Morgan fingerprint density at radius 3 is 2.03 bits per heavy atom. The van der Waals surface area contributed by atoms with Gasteiger partial charge in [-0.25, -0.2) is 0 Å². The van der Waals surface area contributed by atoms with E-state index < -0.39 is 5.41 Å². The van der Waals surface area contributed by atoms with Gasteiger partial charge in [-0.3, -0.25) is 9.59 Å². The second-order valence-electron chi connectivity index (χ2n) is 9.67. The fraction of sp³-hybridized carbons (Fsp3) is 0.310. The van der Waals surface area contributed by atoms with E-state index in [4.69, 9.17) is 17.3 Å². The molecule has 0 aromatic heterocycles. The van der Waals surface area contributed by atoms with Crippen molar-refractivity contribution in [1.82, 2.24) is 0 Å². The molecule has 0 spiro atoms. The lowest BCUT2D eigenvalue weighted by atomic mass is 9.64. The van der Waals surface area contributed by atoms with E-state index in [0.717, 1.165) is 48.1 Å². The van der Waals surface area contributed by atoms with E-state index in [1.807, 2.05) is 60.7 Å². The molecule has 1 saturated heterocycles. The molecule has 0 bridgehead atoms. The van der Waals surface area contributed by atoms with Crippen molar-refractivity contribution in [2.75, 3.05) is 26.7 Å². The maximum absolute atomic E-state index is 13.3. The van der Waals surface area contributed by atoms with Gasteiger partial charge in [-0.05, 0) is 35.4 Å². The molecule has 1 aliphatic rings. The van der Waals surface area contributed by atoms with Crippen molar-refractivity contribution in [2.24, 2.45) is 11.7 Å². The largest absolute Gasteiger partial charge is 0.369 e. The highest BCUT2D eigenvalue weighted by Gasteiger charge is 2.53. The molecule has 0 saturated carbocycles. The number of benzene rings is 3. The summed E-state index contributed by atoms with van der Waals surface area (Å²) in [6, 6.07) is 27.0. The smallest absolute Gasteiger partial charge is 0.233 e. The van der Waals surface area contributed by atoms with Crippen molar-refractivity contribution in [3.05, 3.63) is 107 Å². The van der Waals surface area contributed by atoms with Crippen LogP contribution in [0, 0.1) is 5.92 Å². The molecular formula is C29H32ClN2O2+. The Morgan fingerprint density at radius 1 is 0.941 bits per heavy atom. The number of quaternary nitrogens is 1. The van der Waals surface area contributed by atoms with Gasteiger partial charge in [0.05, 0.1) is 26.7 Å². The van der Waals surface area contributed by atoms with E-state index in [1.54, 1.807) is 24.3 Å². The Labute approximate surface area is 206 Å². The van der Waals surface area contributed by atoms with Crippen LogP contribution in [0.2, 0.25) is 5.02 Å². The normalized spacial score (nSPS) is 20.2. The lowest BCUT2D eigenvalue weighted by Gasteiger charge is -2.38. The van der Waals surface area contributed by atoms with Crippen LogP contribution in [0.1, 0.15) is 40.7 Å². The molecule has 1 heterocycles. The van der Waals surface area contributed by atoms with Crippen LogP contribution in [0.4, 0.5) is 0 Å². The van der Waals surface area contributed by atoms with Crippen LogP contribution in [0.15, 0.2) is 84.9 Å². The van der Waals surface area contributed by atoms with E-state index in [0.29, 0.717) is 17.0 Å². The van der Waals surface area contributed by atoms with Gasteiger partial charge in [0.2, 0.25) is 5.91 Å². The number of halogens is 1. The summed E-state index contributed by atoms with van der Waals surface area (Å²) in [5.41, 5.74) is 7.94. The topological polar surface area (TPSA) is 60.2 Å². The number of carbonyl (C=O) groups is 2. The zero-order chi connectivity index (χ0) is 24.2. The minimum atomic E-state index is -0.877. The van der Waals surface area contributed by atoms with Crippen LogP contribution in [-0.2, 0) is 10.2 Å². The summed E-state index contributed by atoms with van der Waals surface area (Å²) in [5.74, 6) is -0.0906. The van der Waals surface area contributed by atoms with Crippen molar-refractivity contribution >= 4 is 23.3 Å². The molecule has 34 heavy (non-hydrogen) atoms. The summed E-state index contributed by atoms with van der Waals surface area (Å²) in [7, 11) is 2.23. The fourth-order valence-corrected chi connectivity index (χ4v) is 5.79. The second-order valence-corrected chi connectivity index (χ2v) is 10.1. The molecule has 2 atom stereocenters. The monoisotopic (exact) mass is 475 g/mol. The number of nitrogens with two attached hydrogens (primary N) is 1. The number of Topliss-reactive ketones (excluding diaryl/α,β-unsaturated/α-hetero) is 1. The highest BCUT2D eigenvalue weighted by Crippen LogP contribution is 2.45. The van der Waals surface area contributed by atoms with Crippen LogP contribution in [0.3, 0.4) is 0 Å². The Bertz CT molecular complexity index is 1090. The lowest BCUT2D eigenvalue weighted by molar-refractivity contribution is -0.899. The number of carbonyl (C=O) groups excluding carboxylic acids is 2. The predicted molar refractivity (Wildman–Crippen MR) is 137 cm³/mol. The molecule has 3 aromatic carbocycles. The van der Waals surface area contributed by atoms with Crippen molar-refractivity contribution in [3.8, 4) is 0 Å². The summed E-state index contributed by atoms with van der Waals surface area (Å²) in [6.45, 7) is 2.67. The standard InChI is InChI=1S/C29H31ClN2O2/c1-32(19-8-13-27(33)22-14-16-26(30)17-15-22)20-18-25(21-32)29(28(31)34,23-9-4-2-5-10-23)24-11-6-3-7-12-24/h2-7,9-12,14-17,25H,8,13,18-21H2,1H3,(H-,31,34)/p+1. The van der Waals surface area contributed by atoms with Gasteiger partial charge in [0.1, 0.15) is 5.41 Å². The Hall–Kier alpha value is -2.95. The quantitative estimate of drug-likeness (QED) is 0.340. The zero-order valence-corrected chi connectivity index (χ0v) is 20.4. The molecule has 2 N–H and O–H groups in total. The fourth-order valence-electron chi connectivity index (χ4n) is 5.67. The van der Waals surface area contributed by atoms with Crippen LogP contribution < -0.4 is 5.73 Å². The third kappa shape index (κ3) is 4.79. The predicted octanol–water partition coefficient (Wildman–Crippen LogP) is 5.24. The Balaban J connectivity index is 1.53. The number of rotatable bonds is 9. The Kier molecular flexibility index (Phi) is 7.20. The molecule has 4 rings (SSSR count). The molecular weight excluding hydrogens is 444 g/mol. The lowest BCUT2D eigenvalue weighted by Crippen LogP contribution is -2.51. The average Bonchev–Trinajstić information content (AvgIpc) is 3.23. The van der Waals surface area contributed by atoms with Gasteiger partial charge in [0.25, 0.3) is 0 Å². The van der Waals surface area contributed by atoms with Gasteiger partial charge in [-0.2, -0.15) is 0 Å². The highest BCUT2D eigenvalue weighted by atomic mass is 35.5. The summed E-state index contributed by atoms with van der Waals surface area (Å²) >= 11 is 5.94. The van der Waals surface area contributed by atoms with Gasteiger partial charge in [0, 0.05) is 35.8 Å². The summed E-state index contributed by atoms with van der Waals surface area (Å²) in [4.78, 5) is 25.9. The average molecular weight is 476 g/mol. The van der Waals surface area contributed by atoms with Crippen molar-refractivity contribution < 1.29 is 14.1 Å². The molecule has 3 aromatic rings. The summed E-state index contributed by atoms with van der Waals surface area (Å²) in [6.07, 6.45) is 2.19. The number of ketones is 1. The van der Waals surface area contributed by atoms with Crippen LogP contribution >= 0.6 is 11.6 Å². The number of hydrogen-bond acceptors (Lipinski definition) is 2. The summed E-state index contributed by atoms with van der Waals surface area (Å²) in [5, 5.41) is 0.632. The third-order valence-electron chi connectivity index (χ3n) is 7.41. The van der Waals surface area contributed by atoms with E-state index in [2.05, 4.69) is 7.05 Å². The van der Waals surface area contributed by atoms with Gasteiger partial charge in [-0.15, -0.1) is 0 Å². The zero-order valence-electron chi connectivity index (χ0n) is 19.6. The minimum Gasteiger partial charge on any atom is -0.369 e. The van der Waals surface area contributed by atoms with Crippen LogP contribution in [0.5, 0.6) is 0 Å². The number of amides is 1. The number of primary amides is 1. The number of likely N-dealkylation sites (tertiary alicyclic amines) is 1. The van der Waals surface area contributed by atoms with E-state index in [1.165, 1.54) is 0 Å². The molecule has 2 unspecified atom stereocenters. The number of nitrogens with zero attached hydrogens (tertiary/aromatic N) is 1. The van der Waals surface area contributed by atoms with Crippen molar-refractivity contribution in [1.29, 1.82) is 0 Å². The van der Waals surface area contributed by atoms with Gasteiger partial charge in [0.15, 0.2) is 5.78 Å². The van der Waals surface area contributed by atoms with Crippen molar-refractivity contribution in [3.63, 3.8) is 0 Å². The first kappa shape index (κ1) is 24.2. The van der Waals surface area contributed by atoms with Crippen LogP contribution in [-0.4, -0.2) is 42.9 Å². The second kappa shape index (κ2) is 10.1. The molecule has 5 heteroatoms. The molecule has 176 valence electrons. The van der Waals surface area contributed by atoms with E-state index in [9.17, 15) is 9.59 Å². The van der Waals surface area contributed by atoms with Gasteiger partial charge >= 0.3 is 0 Å². The molecule has 1 fully saturated rings. The third-order valence-corrected chi connectivity index (χ3v) is 7.66. The first-order valence-electron chi connectivity index (χ1n) is 11.9. The van der Waals surface area contributed by atoms with Crippen molar-refractivity contribution in [2.45, 2.75) is 24.7 Å². The molecule has 1 amide bonds. The number of hydrogen-bond donors (Lipinski definition) is 1. The minimum absolute atomic E-state index is 0.0757. The summed E-state index contributed by atoms with van der Waals surface area (Å²) < 4.78 is 0.827. The maximum atomic E-state index is 13.3. The van der Waals surface area contributed by atoms with E-state index >= 15 is 0 Å². The van der Waals surface area contributed by atoms with Crippen LogP contribution in [0.25, 0.3) is 0 Å². The molecule has 4 nitrogen and oxygen atoms in total. The highest BCUT2D eigenvalue weighted by molar-refractivity contribution is 6.30. The molecule has 1 aliphatic heterocycles. The first-order chi connectivity index (χ1) is 16.3. The van der Waals surface area contributed by atoms with Gasteiger partial charge < -0.3 is 10.2 Å².